The number of aliphatic hydroxyl groups excluding tert-OH is 1. The summed E-state index contributed by atoms with van der Waals surface area (Å²) in [6.07, 6.45) is 7.10. The number of carbonyl (C=O) groups excluding carboxylic acids is 1. The molecular weight excluding hydrogens is 204 g/mol. The highest BCUT2D eigenvalue weighted by atomic mass is 16.5. The van der Waals surface area contributed by atoms with Crippen LogP contribution in [0.2, 0.25) is 0 Å². The molecule has 92 valence electrons. The number of carbonyl (C=O) groups is 1. The second kappa shape index (κ2) is 6.69. The molecule has 3 nitrogen and oxygen atoms in total. The molecule has 0 saturated carbocycles. The summed E-state index contributed by atoms with van der Waals surface area (Å²) >= 11 is 0. The van der Waals surface area contributed by atoms with Gasteiger partial charge in [-0.3, -0.25) is 0 Å². The van der Waals surface area contributed by atoms with Gasteiger partial charge in [0, 0.05) is 12.0 Å². The van der Waals surface area contributed by atoms with Gasteiger partial charge in [0.2, 0.25) is 0 Å². The Balaban J connectivity index is 2.21. The molecule has 0 radical (unpaired) electrons. The lowest BCUT2D eigenvalue weighted by atomic mass is 10.0. The van der Waals surface area contributed by atoms with Gasteiger partial charge in [-0.05, 0) is 19.4 Å². The van der Waals surface area contributed by atoms with E-state index in [1.165, 1.54) is 12.8 Å². The largest absolute Gasteiger partial charge is 0.455 e. The predicted octanol–water partition coefficient (Wildman–Crippen LogP) is 2.58. The highest BCUT2D eigenvalue weighted by Crippen LogP contribution is 2.20. The van der Waals surface area contributed by atoms with E-state index < -0.39 is 6.10 Å². The van der Waals surface area contributed by atoms with E-state index in [9.17, 15) is 9.90 Å². The summed E-state index contributed by atoms with van der Waals surface area (Å²) in [6.45, 7) is 4.00. The third-order valence-electron chi connectivity index (χ3n) is 2.84. The molecule has 16 heavy (non-hydrogen) atoms. The Hall–Kier alpha value is -0.830. The Kier molecular flexibility index (Phi) is 5.53. The number of hydrogen-bond acceptors (Lipinski definition) is 3. The molecule has 0 unspecified atom stereocenters. The third-order valence-corrected chi connectivity index (χ3v) is 2.84. The van der Waals surface area contributed by atoms with Gasteiger partial charge in [-0.2, -0.15) is 0 Å². The van der Waals surface area contributed by atoms with Gasteiger partial charge < -0.3 is 9.84 Å². The zero-order valence-electron chi connectivity index (χ0n) is 10.2. The minimum absolute atomic E-state index is 0.130. The topological polar surface area (TPSA) is 46.5 Å². The van der Waals surface area contributed by atoms with Gasteiger partial charge in [0.25, 0.3) is 0 Å². The summed E-state index contributed by atoms with van der Waals surface area (Å²) in [5, 5.41) is 9.76. The molecule has 0 spiro atoms. The maximum atomic E-state index is 11.3. The van der Waals surface area contributed by atoms with Gasteiger partial charge >= 0.3 is 5.97 Å². The predicted molar refractivity (Wildman–Crippen MR) is 63.0 cm³/mol. The average Bonchev–Trinajstić information content (AvgIpc) is 2.52. The van der Waals surface area contributed by atoms with Crippen LogP contribution in [-0.4, -0.2) is 23.3 Å². The van der Waals surface area contributed by atoms with Crippen LogP contribution >= 0.6 is 0 Å². The number of unbranched alkanes of at least 4 members (excludes halogenated alkanes) is 3. The first-order valence-electron chi connectivity index (χ1n) is 6.23. The minimum atomic E-state index is -0.402. The van der Waals surface area contributed by atoms with Crippen LogP contribution in [0.3, 0.4) is 0 Å². The second-order valence-electron chi connectivity index (χ2n) is 4.51. The number of hydrogen-bond donors (Lipinski definition) is 1. The lowest BCUT2D eigenvalue weighted by Gasteiger charge is -2.09. The molecule has 0 bridgehead atoms. The molecule has 2 atom stereocenters. The molecule has 0 aromatic rings. The molecule has 1 rings (SSSR count). The maximum absolute atomic E-state index is 11.3. The van der Waals surface area contributed by atoms with Crippen molar-refractivity contribution in [2.24, 2.45) is 0 Å². The molecule has 0 aromatic heterocycles. The van der Waals surface area contributed by atoms with E-state index in [4.69, 9.17) is 4.74 Å². The van der Waals surface area contributed by atoms with E-state index in [0.29, 0.717) is 12.0 Å². The SMILES string of the molecule is CCCCCC[C@@H](O)CC1=C[C@H](C)OC1=O. The summed E-state index contributed by atoms with van der Waals surface area (Å²) in [5.41, 5.74) is 0.635. The third kappa shape index (κ3) is 4.35. The molecule has 0 aliphatic carbocycles. The van der Waals surface area contributed by atoms with Gasteiger partial charge in [-0.1, -0.05) is 32.6 Å². The van der Waals surface area contributed by atoms with Gasteiger partial charge in [0.15, 0.2) is 0 Å². The highest BCUT2D eigenvalue weighted by Gasteiger charge is 2.23. The molecule has 1 heterocycles. The molecule has 1 N–H and O–H groups in total. The molecule has 1 aliphatic heterocycles. The van der Waals surface area contributed by atoms with Gasteiger partial charge in [0.1, 0.15) is 6.10 Å². The summed E-state index contributed by atoms with van der Waals surface area (Å²) in [6, 6.07) is 0. The van der Waals surface area contributed by atoms with E-state index >= 15 is 0 Å². The molecular formula is C13H22O3. The Bertz CT molecular complexity index is 258. The van der Waals surface area contributed by atoms with Crippen molar-refractivity contribution in [2.75, 3.05) is 0 Å². The van der Waals surface area contributed by atoms with Crippen LogP contribution in [0.4, 0.5) is 0 Å². The normalized spacial score (nSPS) is 21.8. The number of ether oxygens (including phenoxy) is 1. The molecule has 3 heteroatoms. The lowest BCUT2D eigenvalue weighted by molar-refractivity contribution is -0.139. The van der Waals surface area contributed by atoms with E-state index in [0.717, 1.165) is 19.3 Å². The first kappa shape index (κ1) is 13.2. The molecule has 0 fully saturated rings. The van der Waals surface area contributed by atoms with Crippen LogP contribution in [0.5, 0.6) is 0 Å². The first-order valence-corrected chi connectivity index (χ1v) is 6.23. The van der Waals surface area contributed by atoms with Crippen molar-refractivity contribution >= 4 is 5.97 Å². The van der Waals surface area contributed by atoms with Crippen molar-refractivity contribution in [3.63, 3.8) is 0 Å². The highest BCUT2D eigenvalue weighted by molar-refractivity contribution is 5.90. The van der Waals surface area contributed by atoms with E-state index in [1.807, 2.05) is 6.92 Å². The number of cyclic esters (lactones) is 1. The maximum Gasteiger partial charge on any atom is 0.334 e. The van der Waals surface area contributed by atoms with E-state index in [2.05, 4.69) is 6.92 Å². The fourth-order valence-electron chi connectivity index (χ4n) is 1.94. The van der Waals surface area contributed by atoms with Crippen molar-refractivity contribution < 1.29 is 14.6 Å². The van der Waals surface area contributed by atoms with Gasteiger partial charge in [-0.25, -0.2) is 4.79 Å². The molecule has 0 amide bonds. The van der Waals surface area contributed by atoms with Crippen molar-refractivity contribution in [3.8, 4) is 0 Å². The smallest absolute Gasteiger partial charge is 0.334 e. The van der Waals surface area contributed by atoms with Crippen LogP contribution in [0.1, 0.15) is 52.4 Å². The zero-order chi connectivity index (χ0) is 12.0. The van der Waals surface area contributed by atoms with Crippen LogP contribution in [0.25, 0.3) is 0 Å². The van der Waals surface area contributed by atoms with Crippen LogP contribution in [0.15, 0.2) is 11.6 Å². The fourth-order valence-corrected chi connectivity index (χ4v) is 1.94. The summed E-state index contributed by atoms with van der Waals surface area (Å²) in [4.78, 5) is 11.3. The summed E-state index contributed by atoms with van der Waals surface area (Å²) in [5.74, 6) is -0.264. The van der Waals surface area contributed by atoms with Crippen molar-refractivity contribution in [1.82, 2.24) is 0 Å². The number of rotatable bonds is 7. The number of aliphatic hydroxyl groups is 1. The standard InChI is InChI=1S/C13H22O3/c1-3-4-5-6-7-12(14)9-11-8-10(2)16-13(11)15/h8,10,12,14H,3-7,9H2,1-2H3/t10-,12+/m0/s1. The second-order valence-corrected chi connectivity index (χ2v) is 4.51. The Morgan fingerprint density at radius 2 is 2.19 bits per heavy atom. The van der Waals surface area contributed by atoms with Gasteiger partial charge in [-0.15, -0.1) is 0 Å². The average molecular weight is 226 g/mol. The van der Waals surface area contributed by atoms with Crippen molar-refractivity contribution in [2.45, 2.75) is 64.6 Å². The number of esters is 1. The van der Waals surface area contributed by atoms with E-state index in [1.54, 1.807) is 6.08 Å². The molecule has 1 aliphatic rings. The van der Waals surface area contributed by atoms with Crippen LogP contribution < -0.4 is 0 Å². The first-order chi connectivity index (χ1) is 7.63. The quantitative estimate of drug-likeness (QED) is 0.536. The van der Waals surface area contributed by atoms with Gasteiger partial charge in [0.05, 0.1) is 6.10 Å². The summed E-state index contributed by atoms with van der Waals surface area (Å²) in [7, 11) is 0. The summed E-state index contributed by atoms with van der Waals surface area (Å²) < 4.78 is 4.98. The lowest BCUT2D eigenvalue weighted by Crippen LogP contribution is -2.11. The van der Waals surface area contributed by atoms with Crippen LogP contribution in [-0.2, 0) is 9.53 Å². The van der Waals surface area contributed by atoms with Crippen molar-refractivity contribution in [1.29, 1.82) is 0 Å². The Labute approximate surface area is 97.5 Å². The Morgan fingerprint density at radius 3 is 2.75 bits per heavy atom. The van der Waals surface area contributed by atoms with E-state index in [-0.39, 0.29) is 12.1 Å². The minimum Gasteiger partial charge on any atom is -0.455 e. The molecule has 0 saturated heterocycles. The van der Waals surface area contributed by atoms with Crippen molar-refractivity contribution in [3.05, 3.63) is 11.6 Å². The van der Waals surface area contributed by atoms with Crippen LogP contribution in [0, 0.1) is 0 Å². The monoisotopic (exact) mass is 226 g/mol. The Morgan fingerprint density at radius 1 is 1.44 bits per heavy atom. The fraction of sp³-hybridized carbons (Fsp3) is 0.769. The zero-order valence-corrected chi connectivity index (χ0v) is 10.2. The molecule has 0 aromatic carbocycles.